The zero-order chi connectivity index (χ0) is 14.1. The van der Waals surface area contributed by atoms with Crippen molar-refractivity contribution in [2.75, 3.05) is 28.2 Å². The van der Waals surface area contributed by atoms with E-state index in [1.807, 2.05) is 37.3 Å². The molecule has 108 valence electrons. The predicted octanol–water partition coefficient (Wildman–Crippen LogP) is 2.51. The van der Waals surface area contributed by atoms with Crippen LogP contribution in [-0.2, 0) is 4.79 Å². The van der Waals surface area contributed by atoms with Crippen molar-refractivity contribution in [1.29, 1.82) is 0 Å². The summed E-state index contributed by atoms with van der Waals surface area (Å²) in [7, 11) is 7.00. The van der Waals surface area contributed by atoms with Crippen molar-refractivity contribution < 1.29 is 9.59 Å². The number of benzene rings is 1. The molecular formula is C15H26N2O2. The molecule has 2 amide bonds. The number of hydrogen-bond acceptors (Lipinski definition) is 2. The van der Waals surface area contributed by atoms with Crippen molar-refractivity contribution in [2.24, 2.45) is 0 Å². The first-order valence-corrected chi connectivity index (χ1v) is 5.87. The van der Waals surface area contributed by atoms with Gasteiger partial charge in [0.05, 0.1) is 0 Å². The Morgan fingerprint density at radius 2 is 1.42 bits per heavy atom. The topological polar surface area (TPSA) is 40.6 Å². The van der Waals surface area contributed by atoms with E-state index in [9.17, 15) is 9.59 Å². The smallest absolute Gasteiger partial charge is 0.253 e. The van der Waals surface area contributed by atoms with Crippen molar-refractivity contribution in [3.63, 3.8) is 0 Å². The Hall–Kier alpha value is -1.84. The van der Waals surface area contributed by atoms with Crippen LogP contribution >= 0.6 is 0 Å². The first-order valence-electron chi connectivity index (χ1n) is 5.87. The number of carbonyl (C=O) groups is 2. The van der Waals surface area contributed by atoms with Crippen molar-refractivity contribution >= 4 is 11.8 Å². The molecule has 0 saturated carbocycles. The van der Waals surface area contributed by atoms with Crippen molar-refractivity contribution in [1.82, 2.24) is 9.80 Å². The zero-order valence-electron chi connectivity index (χ0n) is 11.8. The lowest BCUT2D eigenvalue weighted by Gasteiger charge is -2.08. The standard InChI is InChI=1S/C9H11NO.C5H11NO.CH4/c1-10(2)9(11)8-6-4-3-5-7-8;1-4-5(7)6(2)3;/h3-7H,1-2H3;4H2,1-3H3;1H4. The molecule has 0 aliphatic rings. The van der Waals surface area contributed by atoms with E-state index < -0.39 is 0 Å². The fourth-order valence-corrected chi connectivity index (χ4v) is 1.16. The molecule has 0 heterocycles. The van der Waals surface area contributed by atoms with Gasteiger partial charge in [-0.25, -0.2) is 0 Å². The lowest BCUT2D eigenvalue weighted by Crippen LogP contribution is -2.21. The van der Waals surface area contributed by atoms with Gasteiger partial charge in [0.25, 0.3) is 5.91 Å². The molecule has 4 nitrogen and oxygen atoms in total. The zero-order valence-corrected chi connectivity index (χ0v) is 11.8. The molecule has 0 bridgehead atoms. The lowest BCUT2D eigenvalue weighted by molar-refractivity contribution is -0.128. The minimum atomic E-state index is 0. The number of amides is 2. The van der Waals surface area contributed by atoms with Gasteiger partial charge in [-0.05, 0) is 12.1 Å². The van der Waals surface area contributed by atoms with Crippen LogP contribution in [0.4, 0.5) is 0 Å². The molecule has 0 radical (unpaired) electrons. The van der Waals surface area contributed by atoms with Crippen molar-refractivity contribution in [3.05, 3.63) is 35.9 Å². The fourth-order valence-electron chi connectivity index (χ4n) is 1.16. The molecule has 0 spiro atoms. The van der Waals surface area contributed by atoms with Crippen LogP contribution in [0.3, 0.4) is 0 Å². The summed E-state index contributed by atoms with van der Waals surface area (Å²) in [6, 6.07) is 9.23. The Balaban J connectivity index is 0. The molecule has 1 aromatic rings. The highest BCUT2D eigenvalue weighted by atomic mass is 16.2. The van der Waals surface area contributed by atoms with E-state index in [1.54, 1.807) is 38.0 Å². The highest BCUT2D eigenvalue weighted by molar-refractivity contribution is 5.93. The summed E-state index contributed by atoms with van der Waals surface area (Å²) in [5.74, 6) is 0.227. The van der Waals surface area contributed by atoms with Gasteiger partial charge in [-0.2, -0.15) is 0 Å². The first kappa shape index (κ1) is 19.5. The summed E-state index contributed by atoms with van der Waals surface area (Å²) in [4.78, 5) is 24.9. The molecule has 0 saturated heterocycles. The highest BCUT2D eigenvalue weighted by Crippen LogP contribution is 2.00. The van der Waals surface area contributed by atoms with Crippen LogP contribution in [0.5, 0.6) is 0 Å². The summed E-state index contributed by atoms with van der Waals surface area (Å²) in [5.41, 5.74) is 0.734. The minimum Gasteiger partial charge on any atom is -0.349 e. The maximum absolute atomic E-state index is 11.3. The number of nitrogens with zero attached hydrogens (tertiary/aromatic N) is 2. The second kappa shape index (κ2) is 10.1. The van der Waals surface area contributed by atoms with E-state index in [0.717, 1.165) is 5.56 Å². The number of carbonyl (C=O) groups excluding carboxylic acids is 2. The second-order valence-corrected chi connectivity index (χ2v) is 4.21. The fraction of sp³-hybridized carbons (Fsp3) is 0.467. The molecule has 0 fully saturated rings. The monoisotopic (exact) mass is 266 g/mol. The van der Waals surface area contributed by atoms with Gasteiger partial charge in [0.2, 0.25) is 5.91 Å². The summed E-state index contributed by atoms with van der Waals surface area (Å²) in [6.45, 7) is 1.85. The van der Waals surface area contributed by atoms with E-state index >= 15 is 0 Å². The molecule has 19 heavy (non-hydrogen) atoms. The molecule has 0 unspecified atom stereocenters. The van der Waals surface area contributed by atoms with Crippen LogP contribution in [0.2, 0.25) is 0 Å². The lowest BCUT2D eigenvalue weighted by atomic mass is 10.2. The maximum Gasteiger partial charge on any atom is 0.253 e. The summed E-state index contributed by atoms with van der Waals surface area (Å²) < 4.78 is 0. The SMILES string of the molecule is C.CCC(=O)N(C)C.CN(C)C(=O)c1ccccc1. The molecule has 0 N–H and O–H groups in total. The van der Waals surface area contributed by atoms with Gasteiger partial charge in [0.15, 0.2) is 0 Å². The van der Waals surface area contributed by atoms with E-state index in [0.29, 0.717) is 6.42 Å². The quantitative estimate of drug-likeness (QED) is 0.825. The largest absolute Gasteiger partial charge is 0.349 e. The second-order valence-electron chi connectivity index (χ2n) is 4.21. The van der Waals surface area contributed by atoms with Crippen LogP contribution in [-0.4, -0.2) is 49.8 Å². The van der Waals surface area contributed by atoms with Gasteiger partial charge >= 0.3 is 0 Å². The van der Waals surface area contributed by atoms with Gasteiger partial charge < -0.3 is 9.80 Å². The Morgan fingerprint density at radius 3 is 1.68 bits per heavy atom. The Kier molecular flexibility index (Phi) is 10.4. The van der Waals surface area contributed by atoms with Gasteiger partial charge in [-0.15, -0.1) is 0 Å². The summed E-state index contributed by atoms with van der Waals surface area (Å²) in [5, 5.41) is 0. The van der Waals surface area contributed by atoms with Crippen LogP contribution in [0.25, 0.3) is 0 Å². The Morgan fingerprint density at radius 1 is 0.947 bits per heavy atom. The molecule has 0 atom stereocenters. The normalized spacial score (nSPS) is 8.47. The van der Waals surface area contributed by atoms with Crippen LogP contribution in [0, 0.1) is 0 Å². The van der Waals surface area contributed by atoms with Gasteiger partial charge in [0, 0.05) is 40.2 Å². The van der Waals surface area contributed by atoms with Gasteiger partial charge in [-0.3, -0.25) is 9.59 Å². The highest BCUT2D eigenvalue weighted by Gasteiger charge is 2.04. The Labute approximate surface area is 117 Å². The first-order chi connectivity index (χ1) is 8.40. The number of rotatable bonds is 2. The number of hydrogen-bond donors (Lipinski definition) is 0. The third kappa shape index (κ3) is 7.97. The summed E-state index contributed by atoms with van der Waals surface area (Å²) in [6.07, 6.45) is 0.604. The van der Waals surface area contributed by atoms with Crippen LogP contribution in [0.1, 0.15) is 31.1 Å². The van der Waals surface area contributed by atoms with E-state index in [4.69, 9.17) is 0 Å². The molecule has 0 aromatic heterocycles. The average molecular weight is 266 g/mol. The maximum atomic E-state index is 11.3. The van der Waals surface area contributed by atoms with E-state index in [2.05, 4.69) is 0 Å². The van der Waals surface area contributed by atoms with E-state index in [1.165, 1.54) is 0 Å². The third-order valence-electron chi connectivity index (χ3n) is 2.23. The molecule has 0 aliphatic heterocycles. The summed E-state index contributed by atoms with van der Waals surface area (Å²) >= 11 is 0. The Bertz CT molecular complexity index is 373. The molecular weight excluding hydrogens is 240 g/mol. The predicted molar refractivity (Wildman–Crippen MR) is 80.2 cm³/mol. The van der Waals surface area contributed by atoms with E-state index in [-0.39, 0.29) is 19.2 Å². The van der Waals surface area contributed by atoms with Crippen molar-refractivity contribution in [2.45, 2.75) is 20.8 Å². The molecule has 4 heteroatoms. The average Bonchev–Trinajstić information content (AvgIpc) is 2.38. The van der Waals surface area contributed by atoms with Gasteiger partial charge in [0.1, 0.15) is 0 Å². The molecule has 0 aliphatic carbocycles. The minimum absolute atomic E-state index is 0. The molecule has 1 aromatic carbocycles. The van der Waals surface area contributed by atoms with Crippen LogP contribution in [0.15, 0.2) is 30.3 Å². The van der Waals surface area contributed by atoms with Crippen molar-refractivity contribution in [3.8, 4) is 0 Å². The molecule has 1 rings (SSSR count). The van der Waals surface area contributed by atoms with Crippen LogP contribution < -0.4 is 0 Å². The third-order valence-corrected chi connectivity index (χ3v) is 2.23. The van der Waals surface area contributed by atoms with Gasteiger partial charge in [-0.1, -0.05) is 32.5 Å².